The zero-order chi connectivity index (χ0) is 20.2. The summed E-state index contributed by atoms with van der Waals surface area (Å²) >= 11 is 0. The summed E-state index contributed by atoms with van der Waals surface area (Å²) in [6.45, 7) is 14.4. The molecule has 7 heteroatoms. The number of esters is 1. The number of alkyl carbamates (subject to hydrolysis) is 1. The van der Waals surface area contributed by atoms with Gasteiger partial charge < -0.3 is 19.7 Å². The van der Waals surface area contributed by atoms with Crippen LogP contribution in [0.25, 0.3) is 0 Å². The Hall–Kier alpha value is -1.79. The molecule has 0 aliphatic heterocycles. The largest absolute Gasteiger partial charge is 0.467 e. The molecule has 0 saturated heterocycles. The fourth-order valence-corrected chi connectivity index (χ4v) is 2.41. The molecule has 0 rings (SSSR count). The number of amides is 2. The Balaban J connectivity index is 5.50. The topological polar surface area (TPSA) is 84.9 Å². The Morgan fingerprint density at radius 2 is 1.48 bits per heavy atom. The van der Waals surface area contributed by atoms with Gasteiger partial charge in [-0.05, 0) is 32.1 Å². The molecular weight excluding hydrogens is 324 g/mol. The standard InChI is InChI=1S/C18H34N2O5/c1-11(2)12(15(22)24-10)20(9)14(21)13(17(3,4)5)19-16(23)25-18(6,7)8/h11-13H,1-10H3,(H,19,23). The summed E-state index contributed by atoms with van der Waals surface area (Å²) in [5, 5.41) is 2.64. The maximum absolute atomic E-state index is 13.0. The molecule has 0 radical (unpaired) electrons. The number of ether oxygens (including phenoxy) is 2. The van der Waals surface area contributed by atoms with Crippen LogP contribution < -0.4 is 5.32 Å². The molecule has 25 heavy (non-hydrogen) atoms. The highest BCUT2D eigenvalue weighted by Crippen LogP contribution is 2.23. The van der Waals surface area contributed by atoms with Crippen LogP contribution in [0.2, 0.25) is 0 Å². The van der Waals surface area contributed by atoms with E-state index in [1.165, 1.54) is 12.0 Å². The molecule has 0 aromatic carbocycles. The first-order valence-corrected chi connectivity index (χ1v) is 8.45. The Bertz CT molecular complexity index is 489. The minimum Gasteiger partial charge on any atom is -0.467 e. The second-order valence-electron chi connectivity index (χ2n) is 8.61. The summed E-state index contributed by atoms with van der Waals surface area (Å²) in [6, 6.07) is -1.58. The summed E-state index contributed by atoms with van der Waals surface area (Å²) in [7, 11) is 2.83. The van der Waals surface area contributed by atoms with Crippen LogP contribution in [0.3, 0.4) is 0 Å². The normalized spacial score (nSPS) is 14.5. The van der Waals surface area contributed by atoms with Crippen LogP contribution in [0, 0.1) is 11.3 Å². The van der Waals surface area contributed by atoms with Gasteiger partial charge in [-0.1, -0.05) is 34.6 Å². The maximum atomic E-state index is 13.0. The molecule has 2 unspecified atom stereocenters. The van der Waals surface area contributed by atoms with E-state index >= 15 is 0 Å². The van der Waals surface area contributed by atoms with Crippen molar-refractivity contribution in [2.75, 3.05) is 14.2 Å². The molecule has 0 aliphatic carbocycles. The van der Waals surface area contributed by atoms with Crippen LogP contribution in [0.1, 0.15) is 55.4 Å². The molecule has 146 valence electrons. The van der Waals surface area contributed by atoms with Crippen molar-refractivity contribution in [1.29, 1.82) is 0 Å². The predicted octanol–water partition coefficient (Wildman–Crippen LogP) is 2.58. The predicted molar refractivity (Wildman–Crippen MR) is 96.0 cm³/mol. The van der Waals surface area contributed by atoms with E-state index in [1.54, 1.807) is 27.8 Å². The molecule has 0 fully saturated rings. The lowest BCUT2D eigenvalue weighted by Gasteiger charge is -2.37. The van der Waals surface area contributed by atoms with Gasteiger partial charge >= 0.3 is 12.1 Å². The number of methoxy groups -OCH3 is 1. The van der Waals surface area contributed by atoms with E-state index in [0.29, 0.717) is 0 Å². The number of carbonyl (C=O) groups excluding carboxylic acids is 3. The second-order valence-corrected chi connectivity index (χ2v) is 8.61. The first-order chi connectivity index (χ1) is 11.1. The van der Waals surface area contributed by atoms with E-state index in [4.69, 9.17) is 9.47 Å². The van der Waals surface area contributed by atoms with Gasteiger partial charge in [0.2, 0.25) is 5.91 Å². The van der Waals surface area contributed by atoms with Crippen LogP contribution in [-0.2, 0) is 19.1 Å². The SMILES string of the molecule is COC(=O)C(C(C)C)N(C)C(=O)C(NC(=O)OC(C)(C)C)C(C)(C)C. The first kappa shape index (κ1) is 23.2. The van der Waals surface area contributed by atoms with Gasteiger partial charge in [0.15, 0.2) is 0 Å². The van der Waals surface area contributed by atoms with Crippen molar-refractivity contribution >= 4 is 18.0 Å². The van der Waals surface area contributed by atoms with Crippen LogP contribution in [0.5, 0.6) is 0 Å². The van der Waals surface area contributed by atoms with Gasteiger partial charge in [0.25, 0.3) is 0 Å². The number of rotatable bonds is 5. The summed E-state index contributed by atoms with van der Waals surface area (Å²) in [6.07, 6.45) is -0.673. The van der Waals surface area contributed by atoms with Crippen molar-refractivity contribution < 1.29 is 23.9 Å². The fourth-order valence-electron chi connectivity index (χ4n) is 2.41. The van der Waals surface area contributed by atoms with Gasteiger partial charge in [0.1, 0.15) is 17.7 Å². The van der Waals surface area contributed by atoms with Gasteiger partial charge in [0.05, 0.1) is 7.11 Å². The molecule has 0 aromatic rings. The Morgan fingerprint density at radius 1 is 1.00 bits per heavy atom. The van der Waals surface area contributed by atoms with Gasteiger partial charge in [0, 0.05) is 7.05 Å². The third-order valence-corrected chi connectivity index (χ3v) is 3.61. The van der Waals surface area contributed by atoms with Crippen LogP contribution in [0.15, 0.2) is 0 Å². The second kappa shape index (κ2) is 8.54. The van der Waals surface area contributed by atoms with Gasteiger partial charge in [-0.15, -0.1) is 0 Å². The highest BCUT2D eigenvalue weighted by molar-refractivity contribution is 5.90. The Kier molecular flexibility index (Phi) is 7.93. The van der Waals surface area contributed by atoms with Crippen molar-refractivity contribution in [3.05, 3.63) is 0 Å². The summed E-state index contributed by atoms with van der Waals surface area (Å²) in [5.41, 5.74) is -1.24. The van der Waals surface area contributed by atoms with E-state index in [-0.39, 0.29) is 11.8 Å². The average Bonchev–Trinajstić information content (AvgIpc) is 2.40. The monoisotopic (exact) mass is 358 g/mol. The van der Waals surface area contributed by atoms with Crippen LogP contribution in [0.4, 0.5) is 4.79 Å². The lowest BCUT2D eigenvalue weighted by atomic mass is 9.85. The van der Waals surface area contributed by atoms with Crippen molar-refractivity contribution in [2.45, 2.75) is 73.1 Å². The number of hydrogen-bond donors (Lipinski definition) is 1. The minimum atomic E-state index is -0.849. The van der Waals surface area contributed by atoms with Crippen molar-refractivity contribution in [1.82, 2.24) is 10.2 Å². The molecule has 2 atom stereocenters. The van der Waals surface area contributed by atoms with E-state index in [0.717, 1.165) is 0 Å². The zero-order valence-electron chi connectivity index (χ0n) is 17.2. The van der Waals surface area contributed by atoms with E-state index in [1.807, 2.05) is 34.6 Å². The number of nitrogens with zero attached hydrogens (tertiary/aromatic N) is 1. The lowest BCUT2D eigenvalue weighted by Crippen LogP contribution is -2.58. The smallest absolute Gasteiger partial charge is 0.408 e. The Labute approximate surface area is 151 Å². The molecule has 0 heterocycles. The molecule has 0 bridgehead atoms. The highest BCUT2D eigenvalue weighted by Gasteiger charge is 2.40. The summed E-state index contributed by atoms with van der Waals surface area (Å²) in [5.74, 6) is -0.998. The molecule has 0 saturated carbocycles. The summed E-state index contributed by atoms with van der Waals surface area (Å²) in [4.78, 5) is 38.5. The van der Waals surface area contributed by atoms with E-state index < -0.39 is 35.2 Å². The number of nitrogens with one attached hydrogen (secondary N) is 1. The maximum Gasteiger partial charge on any atom is 0.408 e. The third-order valence-electron chi connectivity index (χ3n) is 3.61. The van der Waals surface area contributed by atoms with E-state index in [2.05, 4.69) is 5.32 Å². The van der Waals surface area contributed by atoms with Crippen LogP contribution >= 0.6 is 0 Å². The molecule has 0 aromatic heterocycles. The first-order valence-electron chi connectivity index (χ1n) is 8.45. The molecular formula is C18H34N2O5. The zero-order valence-corrected chi connectivity index (χ0v) is 17.2. The molecule has 1 N–H and O–H groups in total. The Morgan fingerprint density at radius 3 is 1.80 bits per heavy atom. The fraction of sp³-hybridized carbons (Fsp3) is 0.833. The highest BCUT2D eigenvalue weighted by atomic mass is 16.6. The number of likely N-dealkylation sites (N-methyl/N-ethyl adjacent to an activating group) is 1. The number of hydrogen-bond acceptors (Lipinski definition) is 5. The van der Waals surface area contributed by atoms with Crippen molar-refractivity contribution in [3.8, 4) is 0 Å². The molecule has 0 spiro atoms. The van der Waals surface area contributed by atoms with Gasteiger partial charge in [-0.25, -0.2) is 9.59 Å². The van der Waals surface area contributed by atoms with Gasteiger partial charge in [-0.2, -0.15) is 0 Å². The molecule has 0 aliphatic rings. The summed E-state index contributed by atoms with van der Waals surface area (Å²) < 4.78 is 10.1. The minimum absolute atomic E-state index is 0.136. The third kappa shape index (κ3) is 7.32. The lowest BCUT2D eigenvalue weighted by molar-refractivity contribution is -0.155. The molecule has 2 amide bonds. The van der Waals surface area contributed by atoms with Crippen LogP contribution in [-0.4, -0.2) is 54.7 Å². The average molecular weight is 358 g/mol. The van der Waals surface area contributed by atoms with E-state index in [9.17, 15) is 14.4 Å². The van der Waals surface area contributed by atoms with Crippen molar-refractivity contribution in [2.24, 2.45) is 11.3 Å². The van der Waals surface area contributed by atoms with Gasteiger partial charge in [-0.3, -0.25) is 4.79 Å². The quantitative estimate of drug-likeness (QED) is 0.764. The van der Waals surface area contributed by atoms with Crippen molar-refractivity contribution in [3.63, 3.8) is 0 Å². The number of carbonyl (C=O) groups is 3. The molecule has 7 nitrogen and oxygen atoms in total.